The van der Waals surface area contributed by atoms with Crippen LogP contribution >= 0.6 is 11.6 Å². The van der Waals surface area contributed by atoms with E-state index in [1.165, 1.54) is 0 Å². The minimum absolute atomic E-state index is 0.131. The molecule has 1 aliphatic heterocycles. The third-order valence-corrected chi connectivity index (χ3v) is 5.80. The van der Waals surface area contributed by atoms with Gasteiger partial charge in [-0.15, -0.1) is 0 Å². The zero-order chi connectivity index (χ0) is 22.8. The number of pyridine rings is 1. The van der Waals surface area contributed by atoms with E-state index in [0.29, 0.717) is 28.2 Å². The van der Waals surface area contributed by atoms with Crippen LogP contribution in [0.5, 0.6) is 11.5 Å². The zero-order valence-corrected chi connectivity index (χ0v) is 18.8. The number of aryl methyl sites for hydroxylation is 1. The van der Waals surface area contributed by atoms with E-state index in [2.05, 4.69) is 20.9 Å². The van der Waals surface area contributed by atoms with Gasteiger partial charge in [-0.05, 0) is 55.4 Å². The lowest BCUT2D eigenvalue weighted by molar-refractivity contribution is 0.0934. The molecule has 5 rings (SSSR count). The number of ether oxygens (including phenoxy) is 1. The number of halogens is 1. The molecule has 3 N–H and O–H groups in total. The molecule has 1 saturated heterocycles. The van der Waals surface area contributed by atoms with Crippen molar-refractivity contribution in [1.29, 1.82) is 0 Å². The van der Waals surface area contributed by atoms with Gasteiger partial charge in [0.25, 0.3) is 5.91 Å². The molecule has 3 heterocycles. The standard InChI is InChI=1S/C24H23ClN6O2/c1-31-22-7-6-18(12-20(22)30-24(31)29-16-4-2-15(25)3-5-16)33-19-9-11-27-21(13-19)23(32)28-17-8-10-26-14-17/h2-7,9,11-13,17,26H,8,10,14H2,1H3,(H,28,32)(H,29,30). The van der Waals surface area contributed by atoms with Crippen molar-refractivity contribution in [2.45, 2.75) is 12.5 Å². The second-order valence-electron chi connectivity index (χ2n) is 7.92. The molecule has 9 heteroatoms. The third kappa shape index (κ3) is 4.76. The Kier molecular flexibility index (Phi) is 5.85. The molecule has 2 aromatic carbocycles. The molecule has 4 aromatic rings. The van der Waals surface area contributed by atoms with Crippen molar-refractivity contribution in [1.82, 2.24) is 25.2 Å². The maximum absolute atomic E-state index is 12.5. The minimum Gasteiger partial charge on any atom is -0.457 e. The number of carbonyl (C=O) groups excluding carboxylic acids is 1. The summed E-state index contributed by atoms with van der Waals surface area (Å²) in [4.78, 5) is 21.4. The summed E-state index contributed by atoms with van der Waals surface area (Å²) in [6.07, 6.45) is 2.49. The number of aromatic nitrogens is 3. The lowest BCUT2D eigenvalue weighted by atomic mass is 10.2. The van der Waals surface area contributed by atoms with Crippen LogP contribution in [0.15, 0.2) is 60.8 Å². The molecule has 2 aromatic heterocycles. The van der Waals surface area contributed by atoms with E-state index in [-0.39, 0.29) is 11.9 Å². The molecule has 33 heavy (non-hydrogen) atoms. The van der Waals surface area contributed by atoms with Crippen LogP contribution in [0.3, 0.4) is 0 Å². The molecular formula is C24H23ClN6O2. The average Bonchev–Trinajstić information content (AvgIpc) is 3.43. The smallest absolute Gasteiger partial charge is 0.270 e. The van der Waals surface area contributed by atoms with Crippen LogP contribution in [0.2, 0.25) is 5.02 Å². The summed E-state index contributed by atoms with van der Waals surface area (Å²) in [7, 11) is 1.95. The van der Waals surface area contributed by atoms with Crippen molar-refractivity contribution < 1.29 is 9.53 Å². The SMILES string of the molecule is Cn1c(Nc2ccc(Cl)cc2)nc2cc(Oc3ccnc(C(=O)NC4CCNC4)c3)ccc21. The summed E-state index contributed by atoms with van der Waals surface area (Å²) in [5.74, 6) is 1.66. The van der Waals surface area contributed by atoms with Crippen molar-refractivity contribution in [3.63, 3.8) is 0 Å². The van der Waals surface area contributed by atoms with Gasteiger partial charge in [0.05, 0.1) is 11.0 Å². The van der Waals surface area contributed by atoms with Crippen LogP contribution in [0.25, 0.3) is 11.0 Å². The van der Waals surface area contributed by atoms with E-state index >= 15 is 0 Å². The van der Waals surface area contributed by atoms with Gasteiger partial charge in [-0.2, -0.15) is 0 Å². The summed E-state index contributed by atoms with van der Waals surface area (Å²) in [6, 6.07) is 16.6. The summed E-state index contributed by atoms with van der Waals surface area (Å²) in [5, 5.41) is 10.2. The number of hydrogen-bond acceptors (Lipinski definition) is 6. The van der Waals surface area contributed by atoms with Gasteiger partial charge in [0.1, 0.15) is 17.2 Å². The summed E-state index contributed by atoms with van der Waals surface area (Å²) in [6.45, 7) is 1.69. The second-order valence-corrected chi connectivity index (χ2v) is 8.36. The number of imidazole rings is 1. The zero-order valence-electron chi connectivity index (χ0n) is 18.0. The average molecular weight is 463 g/mol. The van der Waals surface area contributed by atoms with Crippen LogP contribution in [-0.4, -0.2) is 39.6 Å². The van der Waals surface area contributed by atoms with Crippen LogP contribution in [-0.2, 0) is 7.05 Å². The molecule has 1 atom stereocenters. The largest absolute Gasteiger partial charge is 0.457 e. The third-order valence-electron chi connectivity index (χ3n) is 5.55. The maximum atomic E-state index is 12.5. The minimum atomic E-state index is -0.202. The highest BCUT2D eigenvalue weighted by molar-refractivity contribution is 6.30. The van der Waals surface area contributed by atoms with E-state index in [0.717, 1.165) is 36.2 Å². The molecule has 1 aliphatic rings. The fourth-order valence-corrected chi connectivity index (χ4v) is 3.92. The van der Waals surface area contributed by atoms with Gasteiger partial charge < -0.3 is 25.3 Å². The number of rotatable bonds is 6. The molecule has 1 amide bonds. The second kappa shape index (κ2) is 9.09. The Labute approximate surface area is 195 Å². The first kappa shape index (κ1) is 21.2. The van der Waals surface area contributed by atoms with Gasteiger partial charge in [0.15, 0.2) is 0 Å². The van der Waals surface area contributed by atoms with E-state index in [1.54, 1.807) is 18.3 Å². The predicted octanol–water partition coefficient (Wildman–Crippen LogP) is 4.25. The highest BCUT2D eigenvalue weighted by Crippen LogP contribution is 2.28. The lowest BCUT2D eigenvalue weighted by Crippen LogP contribution is -2.36. The monoisotopic (exact) mass is 462 g/mol. The Bertz CT molecular complexity index is 1300. The molecule has 0 saturated carbocycles. The van der Waals surface area contributed by atoms with Gasteiger partial charge in [0.2, 0.25) is 5.95 Å². The molecule has 1 unspecified atom stereocenters. The molecule has 168 valence electrons. The summed E-state index contributed by atoms with van der Waals surface area (Å²) in [5.41, 5.74) is 2.96. The molecule has 0 radical (unpaired) electrons. The summed E-state index contributed by atoms with van der Waals surface area (Å²) >= 11 is 5.97. The molecular weight excluding hydrogens is 440 g/mol. The normalized spacial score (nSPS) is 15.5. The first-order chi connectivity index (χ1) is 16.0. The fraction of sp³-hybridized carbons (Fsp3) is 0.208. The highest BCUT2D eigenvalue weighted by atomic mass is 35.5. The number of anilines is 2. The van der Waals surface area contributed by atoms with E-state index in [1.807, 2.05) is 54.1 Å². The van der Waals surface area contributed by atoms with Gasteiger partial charge in [-0.25, -0.2) is 4.98 Å². The quantitative estimate of drug-likeness (QED) is 0.396. The number of nitrogens with one attached hydrogen (secondary N) is 3. The van der Waals surface area contributed by atoms with E-state index < -0.39 is 0 Å². The van der Waals surface area contributed by atoms with Crippen molar-refractivity contribution in [3.8, 4) is 11.5 Å². The molecule has 0 bridgehead atoms. The Morgan fingerprint density at radius 2 is 1.97 bits per heavy atom. The number of fused-ring (bicyclic) bond motifs is 1. The van der Waals surface area contributed by atoms with Crippen LogP contribution in [0.1, 0.15) is 16.9 Å². The Balaban J connectivity index is 1.33. The lowest BCUT2D eigenvalue weighted by Gasteiger charge is -2.11. The maximum Gasteiger partial charge on any atom is 0.270 e. The number of hydrogen-bond donors (Lipinski definition) is 3. The predicted molar refractivity (Wildman–Crippen MR) is 129 cm³/mol. The van der Waals surface area contributed by atoms with Gasteiger partial charge >= 0.3 is 0 Å². The van der Waals surface area contributed by atoms with Crippen molar-refractivity contribution in [3.05, 3.63) is 71.5 Å². The van der Waals surface area contributed by atoms with Crippen LogP contribution in [0.4, 0.5) is 11.6 Å². The first-order valence-electron chi connectivity index (χ1n) is 10.7. The number of amides is 1. The van der Waals surface area contributed by atoms with Gasteiger partial charge in [-0.3, -0.25) is 9.78 Å². The van der Waals surface area contributed by atoms with E-state index in [9.17, 15) is 4.79 Å². The van der Waals surface area contributed by atoms with Gasteiger partial charge in [0, 0.05) is 48.7 Å². The molecule has 8 nitrogen and oxygen atoms in total. The topological polar surface area (TPSA) is 93.1 Å². The van der Waals surface area contributed by atoms with Crippen molar-refractivity contribution >= 4 is 40.2 Å². The van der Waals surface area contributed by atoms with Crippen molar-refractivity contribution in [2.75, 3.05) is 18.4 Å². The first-order valence-corrected chi connectivity index (χ1v) is 11.1. The number of carbonyl (C=O) groups is 1. The van der Waals surface area contributed by atoms with Gasteiger partial charge in [-0.1, -0.05) is 11.6 Å². The van der Waals surface area contributed by atoms with Crippen molar-refractivity contribution in [2.24, 2.45) is 7.05 Å². The number of nitrogens with zero attached hydrogens (tertiary/aromatic N) is 3. The Hall–Kier alpha value is -3.62. The highest BCUT2D eigenvalue weighted by Gasteiger charge is 2.18. The van der Waals surface area contributed by atoms with E-state index in [4.69, 9.17) is 21.3 Å². The van der Waals surface area contributed by atoms with Crippen LogP contribution in [0, 0.1) is 0 Å². The number of benzene rings is 2. The molecule has 0 aliphatic carbocycles. The Morgan fingerprint density at radius 3 is 2.76 bits per heavy atom. The van der Waals surface area contributed by atoms with Crippen LogP contribution < -0.4 is 20.7 Å². The molecule has 1 fully saturated rings. The summed E-state index contributed by atoms with van der Waals surface area (Å²) < 4.78 is 7.98. The Morgan fingerprint density at radius 1 is 1.15 bits per heavy atom. The fourth-order valence-electron chi connectivity index (χ4n) is 3.79. The molecule has 0 spiro atoms.